The number of carbonyl (C=O) groups excluding carboxylic acids is 1. The summed E-state index contributed by atoms with van der Waals surface area (Å²) in [6.07, 6.45) is 2.34. The van der Waals surface area contributed by atoms with Crippen molar-refractivity contribution in [3.05, 3.63) is 94.0 Å². The van der Waals surface area contributed by atoms with Crippen molar-refractivity contribution in [1.82, 2.24) is 9.80 Å². The van der Waals surface area contributed by atoms with Crippen molar-refractivity contribution in [2.75, 3.05) is 41.4 Å². The molecule has 1 atom stereocenters. The van der Waals surface area contributed by atoms with Crippen LogP contribution in [0.2, 0.25) is 0 Å². The van der Waals surface area contributed by atoms with Gasteiger partial charge in [-0.1, -0.05) is 18.2 Å². The molecule has 1 N–H and O–H groups in total. The number of aliphatic hydroxyl groups excluding tert-OH is 1. The first-order chi connectivity index (χ1) is 21.9. The quantitative estimate of drug-likeness (QED) is 0.231. The van der Waals surface area contributed by atoms with Gasteiger partial charge < -0.3 is 33.7 Å². The fourth-order valence-corrected chi connectivity index (χ4v) is 6.46. The Bertz CT molecular complexity index is 1790. The fourth-order valence-electron chi connectivity index (χ4n) is 6.46. The molecular weight excluding hydrogens is 572 g/mol. The number of benzene rings is 4. The maximum atomic E-state index is 12.9. The van der Waals surface area contributed by atoms with Gasteiger partial charge in [-0.2, -0.15) is 0 Å². The number of rotatable bonds is 7. The van der Waals surface area contributed by atoms with Gasteiger partial charge in [0.1, 0.15) is 5.75 Å². The molecule has 0 radical (unpaired) electrons. The van der Waals surface area contributed by atoms with E-state index in [1.165, 1.54) is 0 Å². The van der Waals surface area contributed by atoms with Crippen LogP contribution in [0.4, 0.5) is 0 Å². The molecule has 0 unspecified atom stereocenters. The lowest BCUT2D eigenvalue weighted by Gasteiger charge is -2.38. The smallest absolute Gasteiger partial charge is 0.254 e. The molecule has 4 aromatic carbocycles. The van der Waals surface area contributed by atoms with E-state index in [4.69, 9.17) is 23.7 Å². The topological polar surface area (TPSA) is 89.9 Å². The lowest BCUT2D eigenvalue weighted by atomic mass is 9.87. The molecule has 0 fully saturated rings. The summed E-state index contributed by atoms with van der Waals surface area (Å²) in [5, 5.41) is 9.55. The van der Waals surface area contributed by atoms with E-state index in [2.05, 4.69) is 30.1 Å². The molecule has 9 nitrogen and oxygen atoms in total. The van der Waals surface area contributed by atoms with Gasteiger partial charge in [0.25, 0.3) is 5.91 Å². The van der Waals surface area contributed by atoms with Crippen LogP contribution in [-0.2, 0) is 25.9 Å². The minimum atomic E-state index is -0.0801. The van der Waals surface area contributed by atoms with Gasteiger partial charge in [0.15, 0.2) is 34.5 Å². The van der Waals surface area contributed by atoms with Crippen molar-refractivity contribution in [1.29, 1.82) is 0 Å². The summed E-state index contributed by atoms with van der Waals surface area (Å²) >= 11 is 0. The fraction of sp³-hybridized carbons (Fsp3) is 0.306. The van der Waals surface area contributed by atoms with Crippen molar-refractivity contribution < 1.29 is 33.6 Å². The Morgan fingerprint density at radius 2 is 1.51 bits per heavy atom. The number of hydrogen-bond donors (Lipinski definition) is 1. The largest absolute Gasteiger partial charge is 0.493 e. The summed E-state index contributed by atoms with van der Waals surface area (Å²) < 4.78 is 30.5. The molecule has 1 amide bonds. The lowest BCUT2D eigenvalue weighted by molar-refractivity contribution is 0.0780. The van der Waals surface area contributed by atoms with Crippen LogP contribution in [0.15, 0.2) is 60.7 Å². The third-order valence-corrected chi connectivity index (χ3v) is 9.02. The van der Waals surface area contributed by atoms with Gasteiger partial charge in [-0.3, -0.25) is 9.69 Å². The Kier molecular flexibility index (Phi) is 7.51. The lowest BCUT2D eigenvalue weighted by Crippen LogP contribution is -2.34. The van der Waals surface area contributed by atoms with Crippen molar-refractivity contribution in [2.24, 2.45) is 0 Å². The Morgan fingerprint density at radius 3 is 2.27 bits per heavy atom. The highest BCUT2D eigenvalue weighted by atomic mass is 16.6. The summed E-state index contributed by atoms with van der Waals surface area (Å²) in [6.45, 7) is 1.47. The predicted molar refractivity (Wildman–Crippen MR) is 168 cm³/mol. The Morgan fingerprint density at radius 1 is 0.800 bits per heavy atom. The second-order valence-electron chi connectivity index (χ2n) is 11.8. The molecule has 0 aliphatic carbocycles. The Balaban J connectivity index is 1.20. The SMILES string of the molecule is COc1ccc(CO)cc1Oc1ccc(C[C@H]2c3c(cc(OC)c4c3Oc3cc5c(cc3O4)CCN(C)C5=O)CCN2C)cc1. The van der Waals surface area contributed by atoms with Crippen LogP contribution < -0.4 is 23.7 Å². The van der Waals surface area contributed by atoms with E-state index in [-0.39, 0.29) is 18.6 Å². The van der Waals surface area contributed by atoms with Crippen LogP contribution in [0.1, 0.15) is 44.2 Å². The van der Waals surface area contributed by atoms with Gasteiger partial charge in [-0.05, 0) is 91.0 Å². The van der Waals surface area contributed by atoms with Gasteiger partial charge in [0.05, 0.1) is 20.8 Å². The monoisotopic (exact) mass is 608 g/mol. The van der Waals surface area contributed by atoms with E-state index < -0.39 is 0 Å². The number of hydrogen-bond acceptors (Lipinski definition) is 8. The van der Waals surface area contributed by atoms with E-state index in [1.54, 1.807) is 37.3 Å². The number of nitrogens with zero attached hydrogens (tertiary/aromatic N) is 2. The number of likely N-dealkylation sites (N-methyl/N-ethyl adjacent to an activating group) is 2. The summed E-state index contributed by atoms with van der Waals surface area (Å²) in [5.41, 5.74) is 5.72. The number of fused-ring (bicyclic) bond motifs is 5. The summed E-state index contributed by atoms with van der Waals surface area (Å²) in [5.74, 6) is 4.77. The molecule has 0 spiro atoms. The third kappa shape index (κ3) is 5.22. The third-order valence-electron chi connectivity index (χ3n) is 9.02. The molecule has 3 aliphatic heterocycles. The van der Waals surface area contributed by atoms with Gasteiger partial charge in [-0.25, -0.2) is 0 Å². The minimum Gasteiger partial charge on any atom is -0.493 e. The van der Waals surface area contributed by atoms with E-state index in [9.17, 15) is 9.90 Å². The molecular formula is C36H36N2O7. The van der Waals surface area contributed by atoms with E-state index in [0.717, 1.165) is 53.6 Å². The molecule has 0 bridgehead atoms. The highest BCUT2D eigenvalue weighted by molar-refractivity contribution is 5.97. The summed E-state index contributed by atoms with van der Waals surface area (Å²) in [7, 11) is 7.19. The van der Waals surface area contributed by atoms with Crippen LogP contribution in [0.5, 0.6) is 46.0 Å². The van der Waals surface area contributed by atoms with Crippen LogP contribution in [0, 0.1) is 0 Å². The number of methoxy groups -OCH3 is 2. The number of carbonyl (C=O) groups is 1. The van der Waals surface area contributed by atoms with Crippen LogP contribution >= 0.6 is 0 Å². The second kappa shape index (κ2) is 11.6. The highest BCUT2D eigenvalue weighted by Crippen LogP contribution is 2.56. The van der Waals surface area contributed by atoms with E-state index in [1.807, 2.05) is 31.3 Å². The molecule has 9 heteroatoms. The zero-order valence-electron chi connectivity index (χ0n) is 25.9. The van der Waals surface area contributed by atoms with Gasteiger partial charge >= 0.3 is 0 Å². The standard InChI is InChI=1S/C36H36N2O7/c1-37-13-12-24-18-32(42-4)34-35(45-31-19-26-23(17-30(31)44-34)11-14-38(2)36(26)40)33(24)27(37)15-21-5-8-25(9-6-21)43-29-16-22(20-39)7-10-28(29)41-3/h5-10,16-19,27,39H,11-15,20H2,1-4H3/t27-/m0/s1. The minimum absolute atomic E-state index is 0.00861. The molecule has 45 heavy (non-hydrogen) atoms. The van der Waals surface area contributed by atoms with Crippen molar-refractivity contribution >= 4 is 5.91 Å². The molecule has 7 rings (SSSR count). The zero-order chi connectivity index (χ0) is 31.2. The number of aliphatic hydroxyl groups is 1. The Labute approximate surface area is 262 Å². The molecule has 3 heterocycles. The zero-order valence-corrected chi connectivity index (χ0v) is 25.9. The van der Waals surface area contributed by atoms with Crippen molar-refractivity contribution in [3.63, 3.8) is 0 Å². The van der Waals surface area contributed by atoms with Crippen molar-refractivity contribution in [2.45, 2.75) is 31.9 Å². The number of amides is 1. The normalized spacial score (nSPS) is 16.9. The van der Waals surface area contributed by atoms with Crippen molar-refractivity contribution in [3.8, 4) is 46.0 Å². The van der Waals surface area contributed by atoms with Gasteiger partial charge in [0.2, 0.25) is 5.75 Å². The van der Waals surface area contributed by atoms with E-state index in [0.29, 0.717) is 58.1 Å². The molecule has 0 saturated heterocycles. The molecule has 4 aromatic rings. The maximum Gasteiger partial charge on any atom is 0.254 e. The first-order valence-corrected chi connectivity index (χ1v) is 15.1. The van der Waals surface area contributed by atoms with Crippen LogP contribution in [0.3, 0.4) is 0 Å². The van der Waals surface area contributed by atoms with Crippen LogP contribution in [0.25, 0.3) is 0 Å². The Hall–Kier alpha value is -4.73. The van der Waals surface area contributed by atoms with Gasteiger partial charge in [0, 0.05) is 37.3 Å². The molecule has 0 saturated carbocycles. The van der Waals surface area contributed by atoms with Gasteiger partial charge in [-0.15, -0.1) is 0 Å². The first-order valence-electron chi connectivity index (χ1n) is 15.1. The average Bonchev–Trinajstić information content (AvgIpc) is 3.06. The second-order valence-corrected chi connectivity index (χ2v) is 11.8. The summed E-state index contributed by atoms with van der Waals surface area (Å²) in [4.78, 5) is 17.0. The van der Waals surface area contributed by atoms with E-state index >= 15 is 0 Å². The average molecular weight is 609 g/mol. The summed E-state index contributed by atoms with van der Waals surface area (Å²) in [6, 6.07) is 19.2. The molecule has 0 aromatic heterocycles. The molecule has 232 valence electrons. The molecule has 3 aliphatic rings. The van der Waals surface area contributed by atoms with Crippen LogP contribution in [-0.4, -0.2) is 62.2 Å². The highest BCUT2D eigenvalue weighted by Gasteiger charge is 2.36. The first kappa shape index (κ1) is 29.0. The maximum absolute atomic E-state index is 12.9. The number of ether oxygens (including phenoxy) is 5. The predicted octanol–water partition coefficient (Wildman–Crippen LogP) is 6.29.